The van der Waals surface area contributed by atoms with Gasteiger partial charge in [0.25, 0.3) is 0 Å². The molecule has 0 bridgehead atoms. The van der Waals surface area contributed by atoms with Crippen LogP contribution in [0, 0.1) is 11.6 Å². The largest absolute Gasteiger partial charge is 0.287 e. The molecule has 1 aromatic carbocycles. The minimum Gasteiger partial charge on any atom is -0.287 e. The summed E-state index contributed by atoms with van der Waals surface area (Å²) in [5, 5.41) is 1.45. The molecule has 0 aliphatic rings. The van der Waals surface area contributed by atoms with Crippen molar-refractivity contribution in [2.45, 2.75) is 0 Å². The minimum atomic E-state index is -0.868. The van der Waals surface area contributed by atoms with Crippen LogP contribution in [0.4, 0.5) is 8.78 Å². The quantitative estimate of drug-likeness (QED) is 0.735. The Morgan fingerprint density at radius 3 is 2.47 bits per heavy atom. The molecule has 0 fully saturated rings. The molecule has 2 rings (SSSR count). The lowest BCUT2D eigenvalue weighted by Gasteiger charge is -2.00. The van der Waals surface area contributed by atoms with Crippen molar-refractivity contribution in [3.63, 3.8) is 0 Å². The number of ketones is 1. The summed E-state index contributed by atoms with van der Waals surface area (Å²) in [6.45, 7) is 0. The third kappa shape index (κ3) is 1.78. The predicted molar refractivity (Wildman–Crippen MR) is 51.9 cm³/mol. The molecule has 15 heavy (non-hydrogen) atoms. The van der Waals surface area contributed by atoms with Crippen LogP contribution in [-0.4, -0.2) is 10.8 Å². The molecular formula is C10H5F2NOS. The van der Waals surface area contributed by atoms with Gasteiger partial charge in [0.15, 0.2) is 0 Å². The normalized spacial score (nSPS) is 10.3. The third-order valence-corrected chi connectivity index (χ3v) is 2.44. The van der Waals surface area contributed by atoms with Gasteiger partial charge in [0.05, 0.1) is 11.1 Å². The molecule has 1 aromatic heterocycles. The van der Waals surface area contributed by atoms with Crippen LogP contribution in [-0.2, 0) is 0 Å². The zero-order chi connectivity index (χ0) is 10.8. The Balaban J connectivity index is 2.51. The van der Waals surface area contributed by atoms with Gasteiger partial charge in [-0.05, 0) is 12.1 Å². The van der Waals surface area contributed by atoms with Gasteiger partial charge in [-0.1, -0.05) is 6.07 Å². The molecule has 1 heterocycles. The fourth-order valence-corrected chi connectivity index (χ4v) is 1.70. The van der Waals surface area contributed by atoms with Gasteiger partial charge in [0.2, 0.25) is 5.78 Å². The number of thiazole rings is 1. The molecule has 0 aliphatic heterocycles. The summed E-state index contributed by atoms with van der Waals surface area (Å²) < 4.78 is 26.4. The fraction of sp³-hybridized carbons (Fsp3) is 0. The topological polar surface area (TPSA) is 30.0 Å². The highest BCUT2D eigenvalue weighted by Crippen LogP contribution is 2.16. The lowest BCUT2D eigenvalue weighted by Crippen LogP contribution is -2.07. The van der Waals surface area contributed by atoms with E-state index in [0.717, 1.165) is 12.1 Å². The summed E-state index contributed by atoms with van der Waals surface area (Å²) in [5.74, 6) is -2.46. The van der Waals surface area contributed by atoms with Crippen molar-refractivity contribution in [1.29, 1.82) is 0 Å². The van der Waals surface area contributed by atoms with Crippen molar-refractivity contribution in [3.8, 4) is 0 Å². The van der Waals surface area contributed by atoms with Crippen LogP contribution in [0.1, 0.15) is 16.1 Å². The number of carbonyl (C=O) groups is 1. The first-order valence-electron chi connectivity index (χ1n) is 4.07. The standard InChI is InChI=1S/C10H5F2NOS/c11-6-2-1-3-7(12)9(6)10(14)8-4-15-5-13-8/h1-5H. The molecule has 2 nitrogen and oxygen atoms in total. The second kappa shape index (κ2) is 3.86. The highest BCUT2D eigenvalue weighted by Gasteiger charge is 2.19. The van der Waals surface area contributed by atoms with Crippen LogP contribution < -0.4 is 0 Å². The Labute approximate surface area is 88.2 Å². The lowest BCUT2D eigenvalue weighted by molar-refractivity contribution is 0.102. The molecule has 0 unspecified atom stereocenters. The molecule has 0 aliphatic carbocycles. The number of benzene rings is 1. The smallest absolute Gasteiger partial charge is 0.218 e. The van der Waals surface area contributed by atoms with Crippen LogP contribution in [0.25, 0.3) is 0 Å². The van der Waals surface area contributed by atoms with Crippen LogP contribution >= 0.6 is 11.3 Å². The number of aromatic nitrogens is 1. The first-order valence-corrected chi connectivity index (χ1v) is 5.01. The molecule has 0 saturated carbocycles. The average molecular weight is 225 g/mol. The second-order valence-electron chi connectivity index (χ2n) is 2.80. The summed E-state index contributed by atoms with van der Waals surface area (Å²) in [6.07, 6.45) is 0. The molecule has 0 spiro atoms. The molecule has 0 N–H and O–H groups in total. The third-order valence-electron chi connectivity index (χ3n) is 1.85. The summed E-state index contributed by atoms with van der Waals surface area (Å²) in [5.41, 5.74) is 0.943. The Morgan fingerprint density at radius 1 is 1.27 bits per heavy atom. The van der Waals surface area contributed by atoms with Crippen LogP contribution in [0.15, 0.2) is 29.1 Å². The number of rotatable bonds is 2. The van der Waals surface area contributed by atoms with E-state index in [0.29, 0.717) is 0 Å². The summed E-state index contributed by atoms with van der Waals surface area (Å²) >= 11 is 1.20. The summed E-state index contributed by atoms with van der Waals surface area (Å²) in [4.78, 5) is 15.3. The summed E-state index contributed by atoms with van der Waals surface area (Å²) in [6, 6.07) is 3.30. The number of hydrogen-bond acceptors (Lipinski definition) is 3. The lowest BCUT2D eigenvalue weighted by atomic mass is 10.1. The highest BCUT2D eigenvalue weighted by atomic mass is 32.1. The van der Waals surface area contributed by atoms with E-state index in [-0.39, 0.29) is 5.69 Å². The Bertz CT molecular complexity index is 476. The van der Waals surface area contributed by atoms with E-state index in [1.807, 2.05) is 0 Å². The van der Waals surface area contributed by atoms with E-state index in [9.17, 15) is 13.6 Å². The molecule has 0 atom stereocenters. The van der Waals surface area contributed by atoms with Gasteiger partial charge in [0.1, 0.15) is 17.3 Å². The van der Waals surface area contributed by atoms with Gasteiger partial charge in [-0.3, -0.25) is 4.79 Å². The van der Waals surface area contributed by atoms with E-state index in [1.54, 1.807) is 0 Å². The SMILES string of the molecule is O=C(c1cscn1)c1c(F)cccc1F. The van der Waals surface area contributed by atoms with Crippen LogP contribution in [0.2, 0.25) is 0 Å². The Kier molecular flexibility index (Phi) is 2.55. The van der Waals surface area contributed by atoms with Gasteiger partial charge in [-0.2, -0.15) is 0 Å². The van der Waals surface area contributed by atoms with Crippen molar-refractivity contribution in [3.05, 3.63) is 52.0 Å². The van der Waals surface area contributed by atoms with Crippen LogP contribution in [0.3, 0.4) is 0 Å². The van der Waals surface area contributed by atoms with Gasteiger partial charge in [0, 0.05) is 5.38 Å². The number of carbonyl (C=O) groups excluding carboxylic acids is 1. The molecule has 2 aromatic rings. The Hall–Kier alpha value is -1.62. The van der Waals surface area contributed by atoms with Gasteiger partial charge >= 0.3 is 0 Å². The molecule has 0 saturated heterocycles. The van der Waals surface area contributed by atoms with E-state index in [1.165, 1.54) is 28.3 Å². The van der Waals surface area contributed by atoms with Crippen molar-refractivity contribution < 1.29 is 13.6 Å². The van der Waals surface area contributed by atoms with E-state index in [4.69, 9.17) is 0 Å². The molecule has 76 valence electrons. The molecular weight excluding hydrogens is 220 g/mol. The van der Waals surface area contributed by atoms with Gasteiger partial charge in [-0.25, -0.2) is 13.8 Å². The maximum absolute atomic E-state index is 13.2. The van der Waals surface area contributed by atoms with E-state index >= 15 is 0 Å². The minimum absolute atomic E-state index is 0.0593. The van der Waals surface area contributed by atoms with E-state index in [2.05, 4.69) is 4.98 Å². The summed E-state index contributed by atoms with van der Waals surface area (Å²) in [7, 11) is 0. The van der Waals surface area contributed by atoms with Crippen molar-refractivity contribution >= 4 is 17.1 Å². The molecule has 0 radical (unpaired) electrons. The maximum atomic E-state index is 13.2. The second-order valence-corrected chi connectivity index (χ2v) is 3.52. The number of halogens is 2. The fourth-order valence-electron chi connectivity index (χ4n) is 1.17. The van der Waals surface area contributed by atoms with E-state index < -0.39 is 23.0 Å². The number of nitrogens with zero attached hydrogens (tertiary/aromatic N) is 1. The first kappa shape index (κ1) is 9.92. The van der Waals surface area contributed by atoms with Gasteiger partial charge in [-0.15, -0.1) is 11.3 Å². The van der Waals surface area contributed by atoms with Crippen molar-refractivity contribution in [2.75, 3.05) is 0 Å². The number of hydrogen-bond donors (Lipinski definition) is 0. The first-order chi connectivity index (χ1) is 7.20. The van der Waals surface area contributed by atoms with Crippen molar-refractivity contribution in [1.82, 2.24) is 4.98 Å². The van der Waals surface area contributed by atoms with Crippen LogP contribution in [0.5, 0.6) is 0 Å². The monoisotopic (exact) mass is 225 g/mol. The Morgan fingerprint density at radius 2 is 1.93 bits per heavy atom. The average Bonchev–Trinajstić information content (AvgIpc) is 2.69. The predicted octanol–water partition coefficient (Wildman–Crippen LogP) is 2.65. The van der Waals surface area contributed by atoms with Crippen molar-refractivity contribution in [2.24, 2.45) is 0 Å². The molecule has 0 amide bonds. The zero-order valence-corrected chi connectivity index (χ0v) is 8.22. The maximum Gasteiger partial charge on any atom is 0.218 e. The zero-order valence-electron chi connectivity index (χ0n) is 7.41. The van der Waals surface area contributed by atoms with Gasteiger partial charge < -0.3 is 0 Å². The molecule has 5 heteroatoms. The highest BCUT2D eigenvalue weighted by molar-refractivity contribution is 7.07.